The monoisotopic (exact) mass is 368 g/mol. The average molecular weight is 368 g/mol. The van der Waals surface area contributed by atoms with Gasteiger partial charge in [0.15, 0.2) is 0 Å². The maximum Gasteiger partial charge on any atom is 0.337 e. The molecule has 0 unspecified atom stereocenters. The van der Waals surface area contributed by atoms with E-state index >= 15 is 0 Å². The first-order chi connectivity index (χ1) is 12.9. The summed E-state index contributed by atoms with van der Waals surface area (Å²) < 4.78 is 4.68. The van der Waals surface area contributed by atoms with Gasteiger partial charge in [-0.2, -0.15) is 0 Å². The quantitative estimate of drug-likeness (QED) is 0.794. The Balaban J connectivity index is 2.22. The van der Waals surface area contributed by atoms with Crippen LogP contribution in [0.4, 0.5) is 11.4 Å². The van der Waals surface area contributed by atoms with Crippen molar-refractivity contribution in [1.82, 2.24) is 0 Å². The molecule has 27 heavy (non-hydrogen) atoms. The minimum atomic E-state index is -0.482. The van der Waals surface area contributed by atoms with E-state index in [-0.39, 0.29) is 18.4 Å². The molecule has 0 atom stereocenters. The second kappa shape index (κ2) is 8.98. The number of hydrogen-bond acceptors (Lipinski definition) is 4. The topological polar surface area (TPSA) is 75.7 Å². The van der Waals surface area contributed by atoms with Crippen molar-refractivity contribution in [3.8, 4) is 0 Å². The number of carbonyl (C=O) groups excluding carboxylic acids is 3. The van der Waals surface area contributed by atoms with Crippen molar-refractivity contribution in [1.29, 1.82) is 0 Å². The standard InChI is InChI=1S/C21H24N2O4/c1-5-16-9-6-8-14(2)20(16)23(15(3)24)13-19(25)22-18-11-7-10-17(12-18)21(26)27-4/h6-12H,5,13H2,1-4H3,(H,22,25). The summed E-state index contributed by atoms with van der Waals surface area (Å²) >= 11 is 0. The SMILES string of the molecule is CCc1cccc(C)c1N(CC(=O)Nc1cccc(C(=O)OC)c1)C(C)=O. The molecule has 2 aromatic rings. The van der Waals surface area contributed by atoms with E-state index < -0.39 is 5.97 Å². The number of nitrogens with one attached hydrogen (secondary N) is 1. The van der Waals surface area contributed by atoms with Gasteiger partial charge in [0.1, 0.15) is 6.54 Å². The lowest BCUT2D eigenvalue weighted by molar-refractivity contribution is -0.120. The fourth-order valence-electron chi connectivity index (χ4n) is 2.92. The maximum absolute atomic E-state index is 12.5. The van der Waals surface area contributed by atoms with Crippen LogP contribution in [-0.2, 0) is 20.7 Å². The van der Waals surface area contributed by atoms with E-state index in [2.05, 4.69) is 10.1 Å². The van der Waals surface area contributed by atoms with Crippen LogP contribution in [0.3, 0.4) is 0 Å². The lowest BCUT2D eigenvalue weighted by Gasteiger charge is -2.25. The van der Waals surface area contributed by atoms with Gasteiger partial charge in [-0.25, -0.2) is 4.79 Å². The zero-order chi connectivity index (χ0) is 20.0. The van der Waals surface area contributed by atoms with Crippen LogP contribution in [0.2, 0.25) is 0 Å². The van der Waals surface area contributed by atoms with Gasteiger partial charge < -0.3 is 15.0 Å². The number of carbonyl (C=O) groups is 3. The number of benzene rings is 2. The summed E-state index contributed by atoms with van der Waals surface area (Å²) in [5.41, 5.74) is 3.51. The highest BCUT2D eigenvalue weighted by molar-refractivity contribution is 6.03. The predicted molar refractivity (Wildman–Crippen MR) is 105 cm³/mol. The van der Waals surface area contributed by atoms with Crippen molar-refractivity contribution >= 4 is 29.2 Å². The second-order valence-corrected chi connectivity index (χ2v) is 6.16. The third-order valence-electron chi connectivity index (χ3n) is 4.22. The van der Waals surface area contributed by atoms with Crippen LogP contribution in [0, 0.1) is 6.92 Å². The van der Waals surface area contributed by atoms with Crippen molar-refractivity contribution in [2.45, 2.75) is 27.2 Å². The van der Waals surface area contributed by atoms with Crippen molar-refractivity contribution in [2.24, 2.45) is 0 Å². The molecule has 0 aliphatic heterocycles. The number of hydrogen-bond donors (Lipinski definition) is 1. The number of ether oxygens (including phenoxy) is 1. The molecule has 142 valence electrons. The third-order valence-corrected chi connectivity index (χ3v) is 4.22. The molecule has 0 aliphatic carbocycles. The number of amides is 2. The van der Waals surface area contributed by atoms with E-state index in [0.717, 1.165) is 23.2 Å². The van der Waals surface area contributed by atoms with Gasteiger partial charge in [0, 0.05) is 12.6 Å². The van der Waals surface area contributed by atoms with Gasteiger partial charge in [-0.3, -0.25) is 9.59 Å². The minimum Gasteiger partial charge on any atom is -0.465 e. The molecule has 0 radical (unpaired) electrons. The molecule has 0 saturated heterocycles. The average Bonchev–Trinajstić information content (AvgIpc) is 2.65. The molecule has 6 heteroatoms. The van der Waals surface area contributed by atoms with E-state index in [4.69, 9.17) is 0 Å². The van der Waals surface area contributed by atoms with E-state index in [0.29, 0.717) is 11.3 Å². The Morgan fingerprint density at radius 3 is 2.44 bits per heavy atom. The molecule has 2 aromatic carbocycles. The summed E-state index contributed by atoms with van der Waals surface area (Å²) in [4.78, 5) is 37.9. The molecule has 0 aromatic heterocycles. The van der Waals surface area contributed by atoms with Crippen LogP contribution in [0.5, 0.6) is 0 Å². The Bertz CT molecular complexity index is 861. The molecule has 6 nitrogen and oxygen atoms in total. The second-order valence-electron chi connectivity index (χ2n) is 6.16. The van der Waals surface area contributed by atoms with E-state index in [1.165, 1.54) is 25.0 Å². The number of esters is 1. The maximum atomic E-state index is 12.5. The molecule has 1 N–H and O–H groups in total. The fraction of sp³-hybridized carbons (Fsp3) is 0.286. The summed E-state index contributed by atoms with van der Waals surface area (Å²) in [6.45, 7) is 5.25. The van der Waals surface area contributed by atoms with Crippen molar-refractivity contribution < 1.29 is 19.1 Å². The Kier molecular flexibility index (Phi) is 6.71. The van der Waals surface area contributed by atoms with Gasteiger partial charge >= 0.3 is 5.97 Å². The molecule has 0 saturated carbocycles. The van der Waals surface area contributed by atoms with E-state index in [9.17, 15) is 14.4 Å². The first-order valence-electron chi connectivity index (χ1n) is 8.72. The molecule has 2 amide bonds. The molecule has 0 spiro atoms. The van der Waals surface area contributed by atoms with E-state index in [1.54, 1.807) is 18.2 Å². The third kappa shape index (κ3) is 4.94. The number of nitrogens with zero attached hydrogens (tertiary/aromatic N) is 1. The molecule has 0 heterocycles. The summed E-state index contributed by atoms with van der Waals surface area (Å²) in [7, 11) is 1.30. The lowest BCUT2D eigenvalue weighted by atomic mass is 10.0. The van der Waals surface area contributed by atoms with Crippen molar-refractivity contribution in [3.05, 3.63) is 59.2 Å². The Morgan fingerprint density at radius 2 is 1.81 bits per heavy atom. The highest BCUT2D eigenvalue weighted by Gasteiger charge is 2.20. The van der Waals surface area contributed by atoms with Crippen molar-refractivity contribution in [3.63, 3.8) is 0 Å². The Morgan fingerprint density at radius 1 is 1.11 bits per heavy atom. The number of anilines is 2. The molecular formula is C21H24N2O4. The molecular weight excluding hydrogens is 344 g/mol. The molecule has 2 rings (SSSR count). The zero-order valence-corrected chi connectivity index (χ0v) is 16.0. The largest absolute Gasteiger partial charge is 0.465 e. The summed E-state index contributed by atoms with van der Waals surface area (Å²) in [6, 6.07) is 12.3. The highest BCUT2D eigenvalue weighted by Crippen LogP contribution is 2.26. The number of methoxy groups -OCH3 is 1. The Labute approximate surface area is 159 Å². The van der Waals surface area contributed by atoms with Gasteiger partial charge in [0.2, 0.25) is 11.8 Å². The van der Waals surface area contributed by atoms with Crippen LogP contribution < -0.4 is 10.2 Å². The summed E-state index contributed by atoms with van der Waals surface area (Å²) in [6.07, 6.45) is 0.754. The zero-order valence-electron chi connectivity index (χ0n) is 16.0. The van der Waals surface area contributed by atoms with Crippen LogP contribution in [-0.4, -0.2) is 31.4 Å². The van der Waals surface area contributed by atoms with Gasteiger partial charge in [0.05, 0.1) is 18.4 Å². The Hall–Kier alpha value is -3.15. The van der Waals surface area contributed by atoms with Crippen LogP contribution in [0.15, 0.2) is 42.5 Å². The lowest BCUT2D eigenvalue weighted by Crippen LogP contribution is -2.37. The van der Waals surface area contributed by atoms with Gasteiger partial charge in [-0.05, 0) is 42.7 Å². The molecule has 0 fully saturated rings. The van der Waals surface area contributed by atoms with Crippen LogP contribution in [0.25, 0.3) is 0 Å². The summed E-state index contributed by atoms with van der Waals surface area (Å²) in [5, 5.41) is 2.73. The predicted octanol–water partition coefficient (Wildman–Crippen LogP) is 3.34. The first kappa shape index (κ1) is 20.2. The first-order valence-corrected chi connectivity index (χ1v) is 8.72. The number of para-hydroxylation sites is 1. The van der Waals surface area contributed by atoms with Gasteiger partial charge in [0.25, 0.3) is 0 Å². The van der Waals surface area contributed by atoms with Gasteiger partial charge in [-0.15, -0.1) is 0 Å². The highest BCUT2D eigenvalue weighted by atomic mass is 16.5. The molecule has 0 bridgehead atoms. The normalized spacial score (nSPS) is 10.2. The minimum absolute atomic E-state index is 0.115. The smallest absolute Gasteiger partial charge is 0.337 e. The van der Waals surface area contributed by atoms with E-state index in [1.807, 2.05) is 32.0 Å². The number of rotatable bonds is 6. The van der Waals surface area contributed by atoms with Gasteiger partial charge in [-0.1, -0.05) is 31.2 Å². The molecule has 0 aliphatic rings. The van der Waals surface area contributed by atoms with Crippen molar-refractivity contribution in [2.75, 3.05) is 23.9 Å². The fourth-order valence-corrected chi connectivity index (χ4v) is 2.92. The van der Waals surface area contributed by atoms with Crippen LogP contribution >= 0.6 is 0 Å². The summed E-state index contributed by atoms with van der Waals surface area (Å²) in [5.74, 6) is -1.04. The van der Waals surface area contributed by atoms with Crippen LogP contribution in [0.1, 0.15) is 35.3 Å². The number of aryl methyl sites for hydroxylation is 2.